The van der Waals surface area contributed by atoms with E-state index in [4.69, 9.17) is 11.6 Å². The molecule has 4 nitrogen and oxygen atoms in total. The molecule has 0 saturated carbocycles. The molecule has 4 aromatic rings. The second-order valence-corrected chi connectivity index (χ2v) is 7.18. The van der Waals surface area contributed by atoms with Gasteiger partial charge in [-0.1, -0.05) is 35.4 Å². The Morgan fingerprint density at radius 2 is 1.65 bits per heavy atom. The Morgan fingerprint density at radius 3 is 2.35 bits per heavy atom. The molecule has 2 heterocycles. The zero-order valence-electron chi connectivity index (χ0n) is 14.0. The Bertz CT molecular complexity index is 1010. The molecule has 0 N–H and O–H groups in total. The molecule has 6 heteroatoms. The molecule has 0 fully saturated rings. The maximum Gasteiger partial charge on any atom is 0.202 e. The van der Waals surface area contributed by atoms with Gasteiger partial charge < -0.3 is 0 Å². The summed E-state index contributed by atoms with van der Waals surface area (Å²) in [6, 6.07) is 21.7. The van der Waals surface area contributed by atoms with Gasteiger partial charge >= 0.3 is 0 Å². The number of aromatic nitrogens is 4. The summed E-state index contributed by atoms with van der Waals surface area (Å²) >= 11 is 7.51. The van der Waals surface area contributed by atoms with Crippen LogP contribution in [-0.4, -0.2) is 19.7 Å². The molecule has 0 spiro atoms. The van der Waals surface area contributed by atoms with Gasteiger partial charge in [-0.25, -0.2) is 4.98 Å². The van der Waals surface area contributed by atoms with Crippen molar-refractivity contribution >= 4 is 23.4 Å². The number of pyridine rings is 1. The predicted molar refractivity (Wildman–Crippen MR) is 105 cm³/mol. The van der Waals surface area contributed by atoms with Crippen LogP contribution in [0.4, 0.5) is 0 Å². The van der Waals surface area contributed by atoms with Crippen molar-refractivity contribution in [3.05, 3.63) is 83.5 Å². The minimum Gasteiger partial charge on any atom is -0.270 e. The number of benzene rings is 2. The molecular formula is C20H15ClN4S. The van der Waals surface area contributed by atoms with Crippen molar-refractivity contribution < 1.29 is 0 Å². The molecule has 0 aliphatic heterocycles. The third kappa shape index (κ3) is 3.49. The minimum absolute atomic E-state index is 0.693. The summed E-state index contributed by atoms with van der Waals surface area (Å²) in [5, 5.41) is 11.2. The highest BCUT2D eigenvalue weighted by Crippen LogP contribution is 2.31. The fraction of sp³-hybridized carbons (Fsp3) is 0.0500. The van der Waals surface area contributed by atoms with Crippen LogP contribution in [-0.2, 0) is 0 Å². The number of hydrogen-bond donors (Lipinski definition) is 0. The predicted octanol–water partition coefficient (Wildman–Crippen LogP) is 5.44. The Balaban J connectivity index is 1.84. The van der Waals surface area contributed by atoms with E-state index in [9.17, 15) is 0 Å². The van der Waals surface area contributed by atoms with Gasteiger partial charge in [-0.15, -0.1) is 10.2 Å². The van der Waals surface area contributed by atoms with E-state index in [1.807, 2.05) is 47.0 Å². The standard InChI is InChI=1S/C20H15ClN4S/c1-14-5-11-17(12-6-14)25-19(15-7-9-16(21)10-8-15)23-24-20(25)26-18-4-2-3-13-22-18/h2-13H,1H3. The first-order valence-corrected chi connectivity index (χ1v) is 9.27. The van der Waals surface area contributed by atoms with Crippen LogP contribution in [0.25, 0.3) is 17.1 Å². The first-order chi connectivity index (χ1) is 12.7. The van der Waals surface area contributed by atoms with Crippen molar-refractivity contribution in [2.75, 3.05) is 0 Å². The van der Waals surface area contributed by atoms with E-state index in [0.29, 0.717) is 5.02 Å². The zero-order valence-corrected chi connectivity index (χ0v) is 15.6. The van der Waals surface area contributed by atoms with Gasteiger partial charge in [-0.3, -0.25) is 4.57 Å². The van der Waals surface area contributed by atoms with E-state index in [-0.39, 0.29) is 0 Å². The molecule has 2 aromatic heterocycles. The van der Waals surface area contributed by atoms with Crippen LogP contribution in [0.1, 0.15) is 5.56 Å². The van der Waals surface area contributed by atoms with E-state index >= 15 is 0 Å². The maximum absolute atomic E-state index is 6.03. The van der Waals surface area contributed by atoms with Crippen molar-refractivity contribution in [2.24, 2.45) is 0 Å². The van der Waals surface area contributed by atoms with E-state index < -0.39 is 0 Å². The second kappa shape index (κ2) is 7.32. The lowest BCUT2D eigenvalue weighted by atomic mass is 10.2. The van der Waals surface area contributed by atoms with Crippen LogP contribution < -0.4 is 0 Å². The molecule has 2 aromatic carbocycles. The highest BCUT2D eigenvalue weighted by molar-refractivity contribution is 7.99. The summed E-state index contributed by atoms with van der Waals surface area (Å²) in [6.07, 6.45) is 1.77. The number of halogens is 1. The van der Waals surface area contributed by atoms with Crippen molar-refractivity contribution in [1.29, 1.82) is 0 Å². The van der Waals surface area contributed by atoms with E-state index in [2.05, 4.69) is 46.4 Å². The van der Waals surface area contributed by atoms with E-state index in [1.54, 1.807) is 6.20 Å². The normalized spacial score (nSPS) is 10.8. The average Bonchev–Trinajstić information content (AvgIpc) is 3.07. The smallest absolute Gasteiger partial charge is 0.202 e. The maximum atomic E-state index is 6.03. The van der Waals surface area contributed by atoms with Gasteiger partial charge in [0.15, 0.2) is 5.82 Å². The summed E-state index contributed by atoms with van der Waals surface area (Å²) in [4.78, 5) is 4.38. The van der Waals surface area contributed by atoms with Crippen LogP contribution >= 0.6 is 23.4 Å². The Kier molecular flexibility index (Phi) is 4.73. The third-order valence-corrected chi connectivity index (χ3v) is 5.01. The van der Waals surface area contributed by atoms with Crippen LogP contribution in [0.15, 0.2) is 83.1 Å². The van der Waals surface area contributed by atoms with E-state index in [0.717, 1.165) is 27.3 Å². The second-order valence-electron chi connectivity index (χ2n) is 5.75. The highest BCUT2D eigenvalue weighted by Gasteiger charge is 2.17. The lowest BCUT2D eigenvalue weighted by Gasteiger charge is -2.10. The summed E-state index contributed by atoms with van der Waals surface area (Å²) in [5.41, 5.74) is 3.16. The van der Waals surface area contributed by atoms with Gasteiger partial charge in [0.05, 0.1) is 0 Å². The molecular weight excluding hydrogens is 364 g/mol. The summed E-state index contributed by atoms with van der Waals surface area (Å²) in [5.74, 6) is 0.768. The molecule has 0 amide bonds. The minimum atomic E-state index is 0.693. The molecule has 26 heavy (non-hydrogen) atoms. The van der Waals surface area contributed by atoms with E-state index in [1.165, 1.54) is 17.3 Å². The van der Waals surface area contributed by atoms with Gasteiger partial charge in [0.2, 0.25) is 5.16 Å². The molecule has 0 atom stereocenters. The van der Waals surface area contributed by atoms with Crippen LogP contribution in [0, 0.1) is 6.92 Å². The van der Waals surface area contributed by atoms with Crippen LogP contribution in [0.3, 0.4) is 0 Å². The van der Waals surface area contributed by atoms with Gasteiger partial charge in [0.25, 0.3) is 0 Å². The Hall–Kier alpha value is -2.63. The first-order valence-electron chi connectivity index (χ1n) is 8.08. The first kappa shape index (κ1) is 16.8. The van der Waals surface area contributed by atoms with Crippen molar-refractivity contribution in [2.45, 2.75) is 17.1 Å². The molecule has 0 bridgehead atoms. The van der Waals surface area contributed by atoms with Crippen molar-refractivity contribution in [1.82, 2.24) is 19.7 Å². The fourth-order valence-corrected chi connectivity index (χ4v) is 3.49. The molecule has 0 saturated heterocycles. The van der Waals surface area contributed by atoms with Gasteiger partial charge in [-0.05, 0) is 67.2 Å². The Labute approximate surface area is 160 Å². The average molecular weight is 379 g/mol. The topological polar surface area (TPSA) is 43.6 Å². The zero-order chi connectivity index (χ0) is 17.9. The van der Waals surface area contributed by atoms with Gasteiger partial charge in [-0.2, -0.15) is 0 Å². The number of nitrogens with zero attached hydrogens (tertiary/aromatic N) is 4. The number of aryl methyl sites for hydroxylation is 1. The van der Waals surface area contributed by atoms with Crippen molar-refractivity contribution in [3.8, 4) is 17.1 Å². The summed E-state index contributed by atoms with van der Waals surface area (Å²) in [6.45, 7) is 2.07. The number of hydrogen-bond acceptors (Lipinski definition) is 4. The Morgan fingerprint density at radius 1 is 0.885 bits per heavy atom. The molecule has 0 radical (unpaired) electrons. The lowest BCUT2D eigenvalue weighted by molar-refractivity contribution is 0.882. The molecule has 4 rings (SSSR count). The summed E-state index contributed by atoms with van der Waals surface area (Å²) < 4.78 is 2.04. The van der Waals surface area contributed by atoms with Crippen LogP contribution in [0.2, 0.25) is 5.02 Å². The van der Waals surface area contributed by atoms with Crippen LogP contribution in [0.5, 0.6) is 0 Å². The SMILES string of the molecule is Cc1ccc(-n2c(Sc3ccccn3)nnc2-c2ccc(Cl)cc2)cc1. The van der Waals surface area contributed by atoms with Gasteiger partial charge in [0.1, 0.15) is 5.03 Å². The van der Waals surface area contributed by atoms with Gasteiger partial charge in [0, 0.05) is 22.5 Å². The fourth-order valence-electron chi connectivity index (χ4n) is 2.55. The third-order valence-electron chi connectivity index (χ3n) is 3.86. The largest absolute Gasteiger partial charge is 0.270 e. The summed E-state index contributed by atoms with van der Waals surface area (Å²) in [7, 11) is 0. The number of rotatable bonds is 4. The molecule has 0 unspecified atom stereocenters. The lowest BCUT2D eigenvalue weighted by Crippen LogP contribution is -1.99. The molecule has 0 aliphatic rings. The monoisotopic (exact) mass is 378 g/mol. The van der Waals surface area contributed by atoms with Crippen molar-refractivity contribution in [3.63, 3.8) is 0 Å². The molecule has 0 aliphatic carbocycles. The molecule has 128 valence electrons. The quantitative estimate of drug-likeness (QED) is 0.474. The highest BCUT2D eigenvalue weighted by atomic mass is 35.5.